The molecular weight excluding hydrogens is 237 g/mol. The minimum Gasteiger partial charge on any atom is -0.311 e. The Bertz CT molecular complexity index is 110. The number of fused-ring (bicyclic) bond motifs is 2. The molecule has 0 aromatic heterocycles. The van der Waals surface area contributed by atoms with Gasteiger partial charge in [-0.15, -0.1) is 0 Å². The summed E-state index contributed by atoms with van der Waals surface area (Å²) < 4.78 is 0.953. The summed E-state index contributed by atoms with van der Waals surface area (Å²) in [6, 6.07) is 1.74. The molecule has 2 saturated heterocycles. The minimum atomic E-state index is 0.870. The van der Waals surface area contributed by atoms with Gasteiger partial charge >= 0.3 is 0 Å². The topological polar surface area (TPSA) is 12.0 Å². The predicted molar refractivity (Wildman–Crippen MR) is 51.6 cm³/mol. The molecule has 2 heterocycles. The molecule has 0 aromatic carbocycles. The van der Waals surface area contributed by atoms with Crippen LogP contribution in [0.5, 0.6) is 0 Å². The monoisotopic (exact) mass is 251 g/mol. The summed E-state index contributed by atoms with van der Waals surface area (Å²) in [7, 11) is 0. The minimum absolute atomic E-state index is 0.870. The van der Waals surface area contributed by atoms with Gasteiger partial charge in [0.05, 0.1) is 0 Å². The van der Waals surface area contributed by atoms with Gasteiger partial charge < -0.3 is 5.32 Å². The lowest BCUT2D eigenvalue weighted by Crippen LogP contribution is -2.48. The Hall–Kier alpha value is 0.690. The Kier molecular flexibility index (Phi) is 2.18. The maximum Gasteiger partial charge on any atom is 0.0139 e. The van der Waals surface area contributed by atoms with Crippen molar-refractivity contribution in [3.63, 3.8) is 0 Å². The highest BCUT2D eigenvalue weighted by molar-refractivity contribution is 14.1. The first-order valence-electron chi connectivity index (χ1n) is 4.25. The molecule has 0 aliphatic carbocycles. The Morgan fingerprint density at radius 2 is 1.70 bits per heavy atom. The molecule has 2 aliphatic heterocycles. The van der Waals surface area contributed by atoms with E-state index in [0.717, 1.165) is 16.0 Å². The second-order valence-electron chi connectivity index (χ2n) is 3.56. The number of hydrogen-bond donors (Lipinski definition) is 1. The van der Waals surface area contributed by atoms with Crippen LogP contribution in [-0.2, 0) is 0 Å². The molecule has 2 aliphatic rings. The number of piperidine rings is 2. The summed E-state index contributed by atoms with van der Waals surface area (Å²) in [5, 5.41) is 3.68. The largest absolute Gasteiger partial charge is 0.311 e. The summed E-state index contributed by atoms with van der Waals surface area (Å²) in [4.78, 5) is 0. The molecule has 0 amide bonds. The van der Waals surface area contributed by atoms with Crippen LogP contribution in [0.3, 0.4) is 0 Å². The van der Waals surface area contributed by atoms with Gasteiger partial charge in [0.25, 0.3) is 0 Å². The van der Waals surface area contributed by atoms with E-state index < -0.39 is 0 Å². The zero-order valence-electron chi connectivity index (χ0n) is 6.15. The highest BCUT2D eigenvalue weighted by Gasteiger charge is 2.29. The lowest BCUT2D eigenvalue weighted by molar-refractivity contribution is 0.253. The second kappa shape index (κ2) is 2.97. The van der Waals surface area contributed by atoms with Crippen molar-refractivity contribution in [1.82, 2.24) is 5.32 Å². The Balaban J connectivity index is 1.98. The van der Waals surface area contributed by atoms with E-state index in [1.165, 1.54) is 32.1 Å². The van der Waals surface area contributed by atoms with Crippen LogP contribution >= 0.6 is 22.6 Å². The average Bonchev–Trinajstić information content (AvgIpc) is 1.85. The number of alkyl halides is 1. The molecule has 1 nitrogen and oxygen atoms in total. The van der Waals surface area contributed by atoms with Crippen LogP contribution in [0.25, 0.3) is 0 Å². The molecule has 1 N–H and O–H groups in total. The van der Waals surface area contributed by atoms with Crippen molar-refractivity contribution in [2.45, 2.75) is 48.1 Å². The van der Waals surface area contributed by atoms with E-state index in [9.17, 15) is 0 Å². The number of rotatable bonds is 0. The van der Waals surface area contributed by atoms with E-state index >= 15 is 0 Å². The van der Waals surface area contributed by atoms with Crippen molar-refractivity contribution in [3.05, 3.63) is 0 Å². The van der Waals surface area contributed by atoms with Gasteiger partial charge in [-0.1, -0.05) is 29.0 Å². The van der Waals surface area contributed by atoms with Crippen LogP contribution in [0.2, 0.25) is 0 Å². The molecule has 2 rings (SSSR count). The zero-order valence-corrected chi connectivity index (χ0v) is 8.30. The molecule has 3 atom stereocenters. The van der Waals surface area contributed by atoms with Gasteiger partial charge in [-0.25, -0.2) is 0 Å². The van der Waals surface area contributed by atoms with Crippen molar-refractivity contribution in [3.8, 4) is 0 Å². The molecule has 2 fully saturated rings. The molecule has 0 unspecified atom stereocenters. The third kappa shape index (κ3) is 1.47. The van der Waals surface area contributed by atoms with Crippen LogP contribution < -0.4 is 5.32 Å². The molecule has 0 spiro atoms. The molecule has 0 aromatic rings. The van der Waals surface area contributed by atoms with E-state index in [-0.39, 0.29) is 0 Å². The van der Waals surface area contributed by atoms with Crippen molar-refractivity contribution in [2.75, 3.05) is 0 Å². The van der Waals surface area contributed by atoms with Crippen molar-refractivity contribution >= 4 is 22.6 Å². The number of halogens is 1. The van der Waals surface area contributed by atoms with Crippen LogP contribution in [-0.4, -0.2) is 16.0 Å². The van der Waals surface area contributed by atoms with E-state index in [0.29, 0.717) is 0 Å². The normalized spacial score (nSPS) is 47.1. The zero-order chi connectivity index (χ0) is 6.97. The van der Waals surface area contributed by atoms with Gasteiger partial charge in [0.1, 0.15) is 0 Å². The molecular formula is C8H14IN. The van der Waals surface area contributed by atoms with Crippen molar-refractivity contribution < 1.29 is 0 Å². The van der Waals surface area contributed by atoms with Crippen LogP contribution in [0, 0.1) is 0 Å². The first kappa shape index (κ1) is 7.35. The average molecular weight is 251 g/mol. The molecule has 2 heteroatoms. The van der Waals surface area contributed by atoms with Crippen molar-refractivity contribution in [2.24, 2.45) is 0 Å². The lowest BCUT2D eigenvalue weighted by Gasteiger charge is -2.38. The maximum atomic E-state index is 3.68. The van der Waals surface area contributed by atoms with Crippen molar-refractivity contribution in [1.29, 1.82) is 0 Å². The molecule has 0 saturated carbocycles. The third-order valence-electron chi connectivity index (χ3n) is 2.66. The summed E-state index contributed by atoms with van der Waals surface area (Å²) in [5.41, 5.74) is 0. The summed E-state index contributed by atoms with van der Waals surface area (Å²) in [6.45, 7) is 0. The number of nitrogens with one attached hydrogen (secondary N) is 1. The first-order chi connectivity index (χ1) is 4.84. The fraction of sp³-hybridized carbons (Fsp3) is 1.00. The van der Waals surface area contributed by atoms with E-state index in [1.54, 1.807) is 0 Å². The highest BCUT2D eigenvalue weighted by atomic mass is 127. The molecule has 0 radical (unpaired) electrons. The summed E-state index contributed by atoms with van der Waals surface area (Å²) >= 11 is 2.60. The Morgan fingerprint density at radius 3 is 2.30 bits per heavy atom. The lowest BCUT2D eigenvalue weighted by atomic mass is 9.87. The van der Waals surface area contributed by atoms with Crippen LogP contribution in [0.15, 0.2) is 0 Å². The van der Waals surface area contributed by atoms with E-state index in [1.807, 2.05) is 0 Å². The highest BCUT2D eigenvalue weighted by Crippen LogP contribution is 2.29. The second-order valence-corrected chi connectivity index (χ2v) is 5.32. The molecule has 2 bridgehead atoms. The molecule has 58 valence electrons. The number of hydrogen-bond acceptors (Lipinski definition) is 1. The Morgan fingerprint density at radius 1 is 1.10 bits per heavy atom. The summed E-state index contributed by atoms with van der Waals surface area (Å²) in [5.74, 6) is 0. The van der Waals surface area contributed by atoms with Crippen LogP contribution in [0.1, 0.15) is 32.1 Å². The third-order valence-corrected chi connectivity index (χ3v) is 3.67. The van der Waals surface area contributed by atoms with Gasteiger partial charge in [-0.05, 0) is 25.7 Å². The van der Waals surface area contributed by atoms with Gasteiger partial charge in [-0.3, -0.25) is 0 Å². The van der Waals surface area contributed by atoms with Gasteiger partial charge in [0.15, 0.2) is 0 Å². The fourth-order valence-corrected chi connectivity index (χ4v) is 3.42. The van der Waals surface area contributed by atoms with Gasteiger partial charge in [0.2, 0.25) is 0 Å². The smallest absolute Gasteiger partial charge is 0.0139 e. The quantitative estimate of drug-likeness (QED) is 0.513. The first-order valence-corrected chi connectivity index (χ1v) is 5.49. The Labute approximate surface area is 76.1 Å². The SMILES string of the molecule is I[C@H]1C[C@H]2CCC[C@@H](C1)N2. The van der Waals surface area contributed by atoms with Crippen LogP contribution in [0.4, 0.5) is 0 Å². The van der Waals surface area contributed by atoms with Gasteiger partial charge in [0, 0.05) is 16.0 Å². The molecule has 10 heavy (non-hydrogen) atoms. The summed E-state index contributed by atoms with van der Waals surface area (Å²) in [6.07, 6.45) is 7.14. The fourth-order valence-electron chi connectivity index (χ4n) is 2.20. The standard InChI is InChI=1S/C8H14IN/c9-6-4-7-2-1-3-8(5-6)10-7/h6-8,10H,1-5H2/t6-,7+,8-. The van der Waals surface area contributed by atoms with E-state index in [4.69, 9.17) is 0 Å². The van der Waals surface area contributed by atoms with Gasteiger partial charge in [-0.2, -0.15) is 0 Å². The predicted octanol–water partition coefficient (Wildman–Crippen LogP) is 2.09. The maximum absolute atomic E-state index is 3.68. The van der Waals surface area contributed by atoms with E-state index in [2.05, 4.69) is 27.9 Å².